The molecule has 0 aliphatic rings. The molecule has 11 heteroatoms. The van der Waals surface area contributed by atoms with Gasteiger partial charge in [0.1, 0.15) is 11.4 Å². The first-order chi connectivity index (χ1) is 13.4. The zero-order chi connectivity index (χ0) is 20.3. The molecule has 10 nitrogen and oxygen atoms in total. The van der Waals surface area contributed by atoms with Crippen LogP contribution >= 0.6 is 11.8 Å². The molecule has 2 aromatic heterocycles. The number of thioether (sulfide) groups is 1. The monoisotopic (exact) mass is 401 g/mol. The maximum Gasteiger partial charge on any atom is 0.332 e. The number of aromatic nitrogens is 6. The highest BCUT2D eigenvalue weighted by Gasteiger charge is 2.22. The number of hydrogen-bond donors (Lipinski definition) is 1. The lowest BCUT2D eigenvalue weighted by atomic mass is 10.2. The van der Waals surface area contributed by atoms with Gasteiger partial charge in [-0.25, -0.2) is 9.48 Å². The smallest absolute Gasteiger partial charge is 0.332 e. The summed E-state index contributed by atoms with van der Waals surface area (Å²) in [5.74, 6) is -0.711. The van der Waals surface area contributed by atoms with Crippen molar-refractivity contribution in [2.24, 2.45) is 7.05 Å². The number of aryl methyl sites for hydroxylation is 1. The molecule has 0 unspecified atom stereocenters. The number of Topliss-reactive ketones (excluding diaryl/α,β-unsaturated/α-hetero) is 1. The van der Waals surface area contributed by atoms with E-state index in [1.165, 1.54) is 16.3 Å². The van der Waals surface area contributed by atoms with Gasteiger partial charge in [0, 0.05) is 13.6 Å². The molecule has 0 bridgehead atoms. The van der Waals surface area contributed by atoms with Crippen molar-refractivity contribution in [1.29, 1.82) is 0 Å². The number of tetrazole rings is 1. The van der Waals surface area contributed by atoms with Crippen LogP contribution < -0.4 is 17.0 Å². The van der Waals surface area contributed by atoms with E-state index in [0.717, 1.165) is 21.9 Å². The standard InChI is InChI=1S/C17H19N7O3S/c1-3-24-16(19-20-21-24)28-10-12(25)13-14(18)23(17(27)22(2)15(13)26)9-11-7-5-4-6-8-11/h4-8H,3,9-10,18H2,1-2H3. The van der Waals surface area contributed by atoms with E-state index < -0.39 is 17.0 Å². The predicted octanol–water partition coefficient (Wildman–Crippen LogP) is 0.159. The van der Waals surface area contributed by atoms with Gasteiger partial charge in [0.25, 0.3) is 5.56 Å². The van der Waals surface area contributed by atoms with Crippen molar-refractivity contribution in [3.8, 4) is 0 Å². The molecular weight excluding hydrogens is 382 g/mol. The number of rotatable bonds is 7. The number of nitrogens with two attached hydrogens (primary N) is 1. The van der Waals surface area contributed by atoms with E-state index in [-0.39, 0.29) is 23.7 Å². The Bertz CT molecular complexity index is 1120. The Kier molecular flexibility index (Phi) is 5.73. The van der Waals surface area contributed by atoms with Crippen LogP contribution in [0.2, 0.25) is 0 Å². The largest absolute Gasteiger partial charge is 0.384 e. The number of nitrogens with zero attached hydrogens (tertiary/aromatic N) is 6. The van der Waals surface area contributed by atoms with Crippen molar-refractivity contribution in [1.82, 2.24) is 29.3 Å². The summed E-state index contributed by atoms with van der Waals surface area (Å²) in [5.41, 5.74) is 5.40. The Morgan fingerprint density at radius 2 is 1.93 bits per heavy atom. The van der Waals surface area contributed by atoms with Crippen LogP contribution in [0.5, 0.6) is 0 Å². The van der Waals surface area contributed by atoms with Crippen LogP contribution in [0.15, 0.2) is 45.1 Å². The van der Waals surface area contributed by atoms with Crippen molar-refractivity contribution in [3.63, 3.8) is 0 Å². The third-order valence-electron chi connectivity index (χ3n) is 4.18. The van der Waals surface area contributed by atoms with Crippen LogP contribution in [-0.2, 0) is 20.1 Å². The molecule has 2 N–H and O–H groups in total. The topological polar surface area (TPSA) is 131 Å². The van der Waals surface area contributed by atoms with Crippen molar-refractivity contribution in [2.45, 2.75) is 25.2 Å². The third kappa shape index (κ3) is 3.74. The number of hydrogen-bond acceptors (Lipinski definition) is 8. The Morgan fingerprint density at radius 3 is 2.61 bits per heavy atom. The molecule has 0 amide bonds. The molecular formula is C17H19N7O3S. The van der Waals surface area contributed by atoms with Gasteiger partial charge in [0.2, 0.25) is 5.16 Å². The Morgan fingerprint density at radius 1 is 1.21 bits per heavy atom. The van der Waals surface area contributed by atoms with Crippen molar-refractivity contribution >= 4 is 23.4 Å². The van der Waals surface area contributed by atoms with Gasteiger partial charge in [0.15, 0.2) is 5.78 Å². The van der Waals surface area contributed by atoms with Crippen molar-refractivity contribution < 1.29 is 4.79 Å². The summed E-state index contributed by atoms with van der Waals surface area (Å²) in [7, 11) is 1.33. The molecule has 2 heterocycles. The first-order valence-corrected chi connectivity index (χ1v) is 9.48. The number of carbonyl (C=O) groups is 1. The molecule has 3 rings (SSSR count). The van der Waals surface area contributed by atoms with E-state index in [1.54, 1.807) is 0 Å². The zero-order valence-electron chi connectivity index (χ0n) is 15.4. The number of benzene rings is 1. The fourth-order valence-corrected chi connectivity index (χ4v) is 3.48. The lowest BCUT2D eigenvalue weighted by Gasteiger charge is -2.14. The van der Waals surface area contributed by atoms with E-state index in [1.807, 2.05) is 37.3 Å². The molecule has 0 saturated heterocycles. The highest BCUT2D eigenvalue weighted by Crippen LogP contribution is 2.17. The molecule has 146 valence electrons. The van der Waals surface area contributed by atoms with Crippen LogP contribution in [0.1, 0.15) is 22.8 Å². The first kappa shape index (κ1) is 19.5. The Balaban J connectivity index is 1.95. The molecule has 0 saturated carbocycles. The summed E-state index contributed by atoms with van der Waals surface area (Å²) in [4.78, 5) is 37.8. The van der Waals surface area contributed by atoms with E-state index in [0.29, 0.717) is 11.7 Å². The van der Waals surface area contributed by atoms with Crippen LogP contribution in [0.4, 0.5) is 5.82 Å². The van der Waals surface area contributed by atoms with Gasteiger partial charge in [-0.15, -0.1) is 5.10 Å². The van der Waals surface area contributed by atoms with Gasteiger partial charge in [-0.3, -0.25) is 18.7 Å². The van der Waals surface area contributed by atoms with E-state index in [4.69, 9.17) is 5.73 Å². The highest BCUT2D eigenvalue weighted by atomic mass is 32.2. The maximum absolute atomic E-state index is 12.7. The third-order valence-corrected chi connectivity index (χ3v) is 5.13. The minimum atomic E-state index is -0.715. The summed E-state index contributed by atoms with van der Waals surface area (Å²) in [6.07, 6.45) is 0. The van der Waals surface area contributed by atoms with Crippen molar-refractivity contribution in [3.05, 3.63) is 62.3 Å². The fraction of sp³-hybridized carbons (Fsp3) is 0.294. The van der Waals surface area contributed by atoms with Gasteiger partial charge in [-0.1, -0.05) is 42.1 Å². The number of anilines is 1. The van der Waals surface area contributed by atoms with Crippen LogP contribution in [-0.4, -0.2) is 40.9 Å². The molecule has 3 aromatic rings. The van der Waals surface area contributed by atoms with Crippen LogP contribution in [0, 0.1) is 0 Å². The summed E-state index contributed by atoms with van der Waals surface area (Å²) in [6.45, 7) is 2.58. The van der Waals surface area contributed by atoms with Gasteiger partial charge in [0.05, 0.1) is 12.3 Å². The number of ketones is 1. The minimum Gasteiger partial charge on any atom is -0.384 e. The summed E-state index contributed by atoms with van der Waals surface area (Å²) >= 11 is 1.10. The molecule has 0 atom stereocenters. The first-order valence-electron chi connectivity index (χ1n) is 8.49. The Labute approximate surface area is 164 Å². The number of carbonyl (C=O) groups excluding carboxylic acids is 1. The molecule has 28 heavy (non-hydrogen) atoms. The second-order valence-electron chi connectivity index (χ2n) is 5.97. The van der Waals surface area contributed by atoms with E-state index in [9.17, 15) is 14.4 Å². The average Bonchev–Trinajstić information content (AvgIpc) is 3.16. The summed E-state index contributed by atoms with van der Waals surface area (Å²) < 4.78 is 3.66. The predicted molar refractivity (Wildman–Crippen MR) is 104 cm³/mol. The van der Waals surface area contributed by atoms with Crippen LogP contribution in [0.25, 0.3) is 0 Å². The molecule has 0 aliphatic heterocycles. The van der Waals surface area contributed by atoms with Crippen LogP contribution in [0.3, 0.4) is 0 Å². The van der Waals surface area contributed by atoms with E-state index >= 15 is 0 Å². The van der Waals surface area contributed by atoms with Gasteiger partial charge < -0.3 is 5.73 Å². The lowest BCUT2D eigenvalue weighted by Crippen LogP contribution is -2.43. The number of nitrogen functional groups attached to an aromatic ring is 1. The molecule has 1 aromatic carbocycles. The second kappa shape index (κ2) is 8.21. The second-order valence-corrected chi connectivity index (χ2v) is 6.91. The minimum absolute atomic E-state index is 0.0800. The molecule has 0 aliphatic carbocycles. The highest BCUT2D eigenvalue weighted by molar-refractivity contribution is 7.99. The quantitative estimate of drug-likeness (QED) is 0.437. The SMILES string of the molecule is CCn1nnnc1SCC(=O)c1c(N)n(Cc2ccccc2)c(=O)n(C)c1=O. The zero-order valence-corrected chi connectivity index (χ0v) is 16.2. The maximum atomic E-state index is 12.7. The lowest BCUT2D eigenvalue weighted by molar-refractivity contribution is 0.102. The van der Waals surface area contributed by atoms with Gasteiger partial charge >= 0.3 is 5.69 Å². The normalized spacial score (nSPS) is 10.9. The molecule has 0 spiro atoms. The van der Waals surface area contributed by atoms with Gasteiger partial charge in [-0.2, -0.15) is 0 Å². The van der Waals surface area contributed by atoms with Crippen molar-refractivity contribution in [2.75, 3.05) is 11.5 Å². The molecule has 0 radical (unpaired) electrons. The Hall–Kier alpha value is -3.21. The fourth-order valence-electron chi connectivity index (χ4n) is 2.66. The summed E-state index contributed by atoms with van der Waals surface area (Å²) in [5, 5.41) is 11.7. The van der Waals surface area contributed by atoms with E-state index in [2.05, 4.69) is 15.5 Å². The van der Waals surface area contributed by atoms with Gasteiger partial charge in [-0.05, 0) is 22.9 Å². The molecule has 0 fully saturated rings. The average molecular weight is 401 g/mol. The summed E-state index contributed by atoms with van der Waals surface area (Å²) in [6, 6.07) is 9.18.